The summed E-state index contributed by atoms with van der Waals surface area (Å²) < 4.78 is 22.2. The van der Waals surface area contributed by atoms with Gasteiger partial charge in [-0.2, -0.15) is 4.98 Å². The van der Waals surface area contributed by atoms with Gasteiger partial charge in [0.2, 0.25) is 0 Å². The van der Waals surface area contributed by atoms with Crippen LogP contribution in [0.25, 0.3) is 5.78 Å². The number of carbonyl (C=O) groups is 3. The highest BCUT2D eigenvalue weighted by Gasteiger charge is 2.51. The second kappa shape index (κ2) is 10.3. The topological polar surface area (TPSA) is 124 Å². The normalized spacial score (nSPS) is 22.3. The molecule has 2 aromatic heterocycles. The van der Waals surface area contributed by atoms with E-state index in [1.54, 1.807) is 10.6 Å². The molecule has 2 unspecified atom stereocenters. The molecular formula is C28H31FN4O5. The Bertz CT molecular complexity index is 1390. The first kappa shape index (κ1) is 26.1. The van der Waals surface area contributed by atoms with Crippen molar-refractivity contribution in [2.75, 3.05) is 6.61 Å². The molecule has 5 rings (SSSR count). The third kappa shape index (κ3) is 4.97. The van der Waals surface area contributed by atoms with Crippen molar-refractivity contribution < 1.29 is 28.6 Å². The summed E-state index contributed by atoms with van der Waals surface area (Å²) in [6.07, 6.45) is 4.64. The molecule has 38 heavy (non-hydrogen) atoms. The van der Waals surface area contributed by atoms with Crippen molar-refractivity contribution in [2.45, 2.75) is 70.8 Å². The second-order valence-electron chi connectivity index (χ2n) is 10.5. The van der Waals surface area contributed by atoms with Crippen molar-refractivity contribution >= 4 is 23.3 Å². The number of carbonyl (C=O) groups excluding carboxylic acids is 3. The summed E-state index contributed by atoms with van der Waals surface area (Å²) in [6.45, 7) is 2.99. The van der Waals surface area contributed by atoms with E-state index in [9.17, 15) is 18.8 Å². The molecule has 3 aromatic rings. The number of nitrogens with zero attached hydrogens (tertiary/aromatic N) is 4. The molecule has 0 spiro atoms. The number of ether oxygens (including phenoxy) is 1. The van der Waals surface area contributed by atoms with Crippen LogP contribution in [0.3, 0.4) is 0 Å². The average Bonchev–Trinajstić information content (AvgIpc) is 3.55. The molecule has 200 valence electrons. The van der Waals surface area contributed by atoms with Gasteiger partial charge in [-0.1, -0.05) is 18.9 Å². The molecule has 2 fully saturated rings. The molecule has 0 radical (unpaired) electrons. The van der Waals surface area contributed by atoms with Crippen LogP contribution < -0.4 is 0 Å². The number of rotatable bonds is 8. The minimum Gasteiger partial charge on any atom is -0.458 e. The molecule has 10 heteroatoms. The molecule has 1 N–H and O–H groups in total. The Morgan fingerprint density at radius 3 is 2.63 bits per heavy atom. The fourth-order valence-corrected chi connectivity index (χ4v) is 5.94. The standard InChI is InChI=1S/C28H31FN4O5/c1-16-11-17(2)33-27(30-16)31-25(32-33)13-21-23(35)14-28(38-26(21)37,19-5-3-4-6-19)10-9-18-7-8-20(22(29)12-18)24(36)15-34/h7-8,11-12,19,21,34H,3-6,9-10,13-15H2,1-2H3. The maximum Gasteiger partial charge on any atom is 0.317 e. The van der Waals surface area contributed by atoms with Crippen LogP contribution in [0.15, 0.2) is 24.3 Å². The molecule has 0 amide bonds. The minimum atomic E-state index is -0.982. The van der Waals surface area contributed by atoms with Gasteiger partial charge in [-0.15, -0.1) is 5.10 Å². The molecule has 1 aliphatic carbocycles. The van der Waals surface area contributed by atoms with Gasteiger partial charge in [-0.05, 0) is 69.2 Å². The summed E-state index contributed by atoms with van der Waals surface area (Å²) in [6, 6.07) is 6.15. The van der Waals surface area contributed by atoms with E-state index in [2.05, 4.69) is 15.1 Å². The highest BCUT2D eigenvalue weighted by atomic mass is 19.1. The summed E-state index contributed by atoms with van der Waals surface area (Å²) in [7, 11) is 0. The summed E-state index contributed by atoms with van der Waals surface area (Å²) in [4.78, 5) is 47.2. The summed E-state index contributed by atoms with van der Waals surface area (Å²) >= 11 is 0. The van der Waals surface area contributed by atoms with E-state index in [0.29, 0.717) is 30.0 Å². The van der Waals surface area contributed by atoms with Crippen molar-refractivity contribution in [1.82, 2.24) is 19.6 Å². The van der Waals surface area contributed by atoms with Crippen LogP contribution in [0.1, 0.15) is 71.7 Å². The minimum absolute atomic E-state index is 0.0474. The fraction of sp³-hybridized carbons (Fsp3) is 0.500. The predicted octanol–water partition coefficient (Wildman–Crippen LogP) is 3.29. The van der Waals surface area contributed by atoms with E-state index in [4.69, 9.17) is 9.84 Å². The van der Waals surface area contributed by atoms with E-state index in [0.717, 1.165) is 37.1 Å². The summed E-state index contributed by atoms with van der Waals surface area (Å²) in [5.74, 6) is -2.28. The summed E-state index contributed by atoms with van der Waals surface area (Å²) in [5.41, 5.74) is 1.18. The first-order valence-corrected chi connectivity index (χ1v) is 13.1. The number of cyclic esters (lactones) is 1. The van der Waals surface area contributed by atoms with Crippen LogP contribution in [0.5, 0.6) is 0 Å². The largest absolute Gasteiger partial charge is 0.458 e. The zero-order valence-corrected chi connectivity index (χ0v) is 21.6. The van der Waals surface area contributed by atoms with Crippen molar-refractivity contribution in [2.24, 2.45) is 11.8 Å². The zero-order valence-electron chi connectivity index (χ0n) is 21.6. The Kier molecular flexibility index (Phi) is 7.09. The lowest BCUT2D eigenvalue weighted by Gasteiger charge is -2.43. The van der Waals surface area contributed by atoms with E-state index in [1.807, 2.05) is 19.9 Å². The lowest BCUT2D eigenvalue weighted by Crippen LogP contribution is -2.52. The van der Waals surface area contributed by atoms with E-state index in [1.165, 1.54) is 12.1 Å². The van der Waals surface area contributed by atoms with Crippen LogP contribution in [0.4, 0.5) is 4.39 Å². The third-order valence-corrected chi connectivity index (χ3v) is 7.91. The Morgan fingerprint density at radius 1 is 1.18 bits per heavy atom. The molecule has 2 aliphatic rings. The van der Waals surface area contributed by atoms with Gasteiger partial charge < -0.3 is 9.84 Å². The monoisotopic (exact) mass is 522 g/mol. The van der Waals surface area contributed by atoms with Gasteiger partial charge >= 0.3 is 5.97 Å². The third-order valence-electron chi connectivity index (χ3n) is 7.91. The van der Waals surface area contributed by atoms with Crippen molar-refractivity contribution in [3.05, 3.63) is 58.4 Å². The van der Waals surface area contributed by atoms with Crippen molar-refractivity contribution in [1.29, 1.82) is 0 Å². The molecular weight excluding hydrogens is 491 g/mol. The second-order valence-corrected chi connectivity index (χ2v) is 10.5. The van der Waals surface area contributed by atoms with Crippen molar-refractivity contribution in [3.63, 3.8) is 0 Å². The lowest BCUT2D eigenvalue weighted by atomic mass is 9.73. The highest BCUT2D eigenvalue weighted by Crippen LogP contribution is 2.45. The summed E-state index contributed by atoms with van der Waals surface area (Å²) in [5, 5.41) is 13.5. The molecule has 1 aliphatic heterocycles. The first-order chi connectivity index (χ1) is 18.2. The van der Waals surface area contributed by atoms with E-state index in [-0.39, 0.29) is 30.1 Å². The van der Waals surface area contributed by atoms with Crippen LogP contribution in [0, 0.1) is 31.5 Å². The lowest BCUT2D eigenvalue weighted by molar-refractivity contribution is -0.185. The van der Waals surface area contributed by atoms with E-state index < -0.39 is 35.7 Å². The number of hydrogen-bond acceptors (Lipinski definition) is 8. The molecule has 3 heterocycles. The Hall–Kier alpha value is -3.53. The van der Waals surface area contributed by atoms with Crippen LogP contribution in [-0.2, 0) is 27.2 Å². The number of fused-ring (bicyclic) bond motifs is 1. The van der Waals surface area contributed by atoms with Gasteiger partial charge in [0, 0.05) is 24.2 Å². The van der Waals surface area contributed by atoms with Gasteiger partial charge in [0.15, 0.2) is 17.4 Å². The quantitative estimate of drug-likeness (QED) is 0.272. The SMILES string of the molecule is Cc1cc(C)n2nc(CC3C(=O)CC(CCc4ccc(C(=O)CO)c(F)c4)(C4CCCC4)OC3=O)nc2n1. The molecule has 1 saturated carbocycles. The van der Waals surface area contributed by atoms with E-state index >= 15 is 0 Å². The molecule has 9 nitrogen and oxygen atoms in total. The number of halogens is 1. The number of ketones is 2. The first-order valence-electron chi connectivity index (χ1n) is 13.1. The smallest absolute Gasteiger partial charge is 0.317 e. The number of Topliss-reactive ketones (excluding diaryl/α,β-unsaturated/α-hetero) is 2. The number of hydrogen-bond donors (Lipinski definition) is 1. The molecule has 1 saturated heterocycles. The Morgan fingerprint density at radius 2 is 1.95 bits per heavy atom. The average molecular weight is 523 g/mol. The molecule has 1 aromatic carbocycles. The zero-order chi connectivity index (χ0) is 27.0. The fourth-order valence-electron chi connectivity index (χ4n) is 5.94. The number of esters is 1. The Balaban J connectivity index is 1.34. The Labute approximate surface area is 219 Å². The number of aromatic nitrogens is 4. The van der Waals surface area contributed by atoms with Crippen LogP contribution in [0.2, 0.25) is 0 Å². The van der Waals surface area contributed by atoms with Gasteiger partial charge in [0.1, 0.15) is 23.9 Å². The number of aryl methyl sites for hydroxylation is 3. The van der Waals surface area contributed by atoms with Crippen LogP contribution in [-0.4, -0.2) is 54.4 Å². The predicted molar refractivity (Wildman–Crippen MR) is 134 cm³/mol. The number of benzene rings is 1. The molecule has 0 bridgehead atoms. The highest BCUT2D eigenvalue weighted by molar-refractivity contribution is 6.01. The maximum atomic E-state index is 14.5. The van der Waals surface area contributed by atoms with Gasteiger partial charge in [-0.25, -0.2) is 13.9 Å². The maximum absolute atomic E-state index is 14.5. The number of aliphatic hydroxyl groups excluding tert-OH is 1. The molecule has 2 atom stereocenters. The van der Waals surface area contributed by atoms with Gasteiger partial charge in [-0.3, -0.25) is 14.4 Å². The van der Waals surface area contributed by atoms with Gasteiger partial charge in [0.25, 0.3) is 5.78 Å². The number of aliphatic hydroxyl groups is 1. The van der Waals surface area contributed by atoms with Gasteiger partial charge in [0.05, 0.1) is 5.56 Å². The van der Waals surface area contributed by atoms with Crippen LogP contribution >= 0.6 is 0 Å². The van der Waals surface area contributed by atoms with Crippen molar-refractivity contribution in [3.8, 4) is 0 Å².